The third-order valence-electron chi connectivity index (χ3n) is 4.38. The molecule has 0 N–H and O–H groups in total. The van der Waals surface area contributed by atoms with Gasteiger partial charge in [-0.1, -0.05) is 62.4 Å². The number of unbranched alkanes of at least 4 members (excludes halogenated alkanes) is 6. The van der Waals surface area contributed by atoms with Gasteiger partial charge in [0.1, 0.15) is 0 Å². The van der Waals surface area contributed by atoms with E-state index >= 15 is 0 Å². The molecular formula is C22H38O3. The van der Waals surface area contributed by atoms with Gasteiger partial charge in [-0.25, -0.2) is 0 Å². The molecule has 0 atom stereocenters. The predicted molar refractivity (Wildman–Crippen MR) is 105 cm³/mol. The third-order valence-corrected chi connectivity index (χ3v) is 4.38. The molecule has 1 rings (SSSR count). The second-order valence-electron chi connectivity index (χ2n) is 6.44. The molecule has 0 aliphatic carbocycles. The Balaban J connectivity index is 2.07. The summed E-state index contributed by atoms with van der Waals surface area (Å²) in [6, 6.07) is 10.8. The first-order valence-electron chi connectivity index (χ1n) is 10.2. The van der Waals surface area contributed by atoms with Crippen LogP contribution < -0.4 is 0 Å². The highest BCUT2D eigenvalue weighted by Crippen LogP contribution is 2.24. The van der Waals surface area contributed by atoms with E-state index in [1.165, 1.54) is 50.5 Å². The highest BCUT2D eigenvalue weighted by atomic mass is 16.9. The smallest absolute Gasteiger partial charge is 0.282 e. The van der Waals surface area contributed by atoms with Gasteiger partial charge in [-0.15, -0.1) is 0 Å². The van der Waals surface area contributed by atoms with Crippen LogP contribution >= 0.6 is 0 Å². The Bertz CT molecular complexity index is 388. The minimum absolute atomic E-state index is 0.613. The van der Waals surface area contributed by atoms with Gasteiger partial charge in [-0.05, 0) is 45.6 Å². The quantitative estimate of drug-likeness (QED) is 0.266. The van der Waals surface area contributed by atoms with E-state index in [-0.39, 0.29) is 0 Å². The lowest BCUT2D eigenvalue weighted by Crippen LogP contribution is -2.39. The lowest BCUT2D eigenvalue weighted by Gasteiger charge is -2.32. The number of ether oxygens (including phenoxy) is 3. The minimum Gasteiger partial charge on any atom is -0.328 e. The van der Waals surface area contributed by atoms with Crippen molar-refractivity contribution in [3.63, 3.8) is 0 Å². The number of hydrogen-bond acceptors (Lipinski definition) is 3. The fraction of sp³-hybridized carbons (Fsp3) is 0.727. The van der Waals surface area contributed by atoms with E-state index in [2.05, 4.69) is 30.3 Å². The van der Waals surface area contributed by atoms with Crippen molar-refractivity contribution < 1.29 is 14.2 Å². The van der Waals surface area contributed by atoms with Crippen molar-refractivity contribution in [3.8, 4) is 0 Å². The van der Waals surface area contributed by atoms with Crippen molar-refractivity contribution >= 4 is 0 Å². The Morgan fingerprint density at radius 3 is 1.64 bits per heavy atom. The highest BCUT2D eigenvalue weighted by molar-refractivity contribution is 5.14. The van der Waals surface area contributed by atoms with Crippen molar-refractivity contribution in [1.82, 2.24) is 0 Å². The summed E-state index contributed by atoms with van der Waals surface area (Å²) in [5, 5.41) is 0. The second kappa shape index (κ2) is 14.3. The van der Waals surface area contributed by atoms with Gasteiger partial charge in [0, 0.05) is 26.2 Å². The summed E-state index contributed by atoms with van der Waals surface area (Å²) in [6.07, 6.45) is 10.9. The van der Waals surface area contributed by atoms with E-state index in [9.17, 15) is 0 Å². The first kappa shape index (κ1) is 22.1. The zero-order valence-corrected chi connectivity index (χ0v) is 16.6. The Morgan fingerprint density at radius 1 is 0.640 bits per heavy atom. The number of aryl methyl sites for hydroxylation is 1. The minimum atomic E-state index is -0.825. The van der Waals surface area contributed by atoms with E-state index < -0.39 is 5.97 Å². The molecule has 0 saturated heterocycles. The summed E-state index contributed by atoms with van der Waals surface area (Å²) in [6.45, 7) is 7.80. The van der Waals surface area contributed by atoms with Crippen molar-refractivity contribution in [3.05, 3.63) is 35.9 Å². The molecule has 0 aliphatic heterocycles. The van der Waals surface area contributed by atoms with Crippen LogP contribution in [0.3, 0.4) is 0 Å². The molecule has 0 heterocycles. The van der Waals surface area contributed by atoms with E-state index in [1.807, 2.05) is 20.8 Å². The van der Waals surface area contributed by atoms with Gasteiger partial charge in [0.05, 0.1) is 0 Å². The van der Waals surface area contributed by atoms with Gasteiger partial charge < -0.3 is 14.2 Å². The molecule has 0 bridgehead atoms. The lowest BCUT2D eigenvalue weighted by molar-refractivity contribution is -0.380. The van der Waals surface area contributed by atoms with Crippen LogP contribution in [0.2, 0.25) is 0 Å². The molecule has 0 amide bonds. The van der Waals surface area contributed by atoms with Crippen LogP contribution in [0.15, 0.2) is 30.3 Å². The van der Waals surface area contributed by atoms with Crippen molar-refractivity contribution in [2.75, 3.05) is 19.8 Å². The zero-order chi connectivity index (χ0) is 18.2. The first-order valence-corrected chi connectivity index (χ1v) is 10.2. The maximum Gasteiger partial charge on any atom is 0.282 e. The molecule has 0 aliphatic rings. The van der Waals surface area contributed by atoms with Crippen LogP contribution in [0.1, 0.15) is 77.7 Å². The predicted octanol–water partition coefficient (Wildman–Crippen LogP) is 6.11. The SMILES string of the molecule is CCOC(CCCCCCCCCc1ccccc1)(OCC)OCC. The monoisotopic (exact) mass is 350 g/mol. The maximum absolute atomic E-state index is 5.77. The Hall–Kier alpha value is -0.900. The fourth-order valence-corrected chi connectivity index (χ4v) is 3.20. The van der Waals surface area contributed by atoms with E-state index in [1.54, 1.807) is 0 Å². The van der Waals surface area contributed by atoms with Gasteiger partial charge in [0.15, 0.2) is 0 Å². The second-order valence-corrected chi connectivity index (χ2v) is 6.44. The average Bonchev–Trinajstić information content (AvgIpc) is 2.62. The fourth-order valence-electron chi connectivity index (χ4n) is 3.20. The van der Waals surface area contributed by atoms with Gasteiger partial charge >= 0.3 is 0 Å². The van der Waals surface area contributed by atoms with Crippen LogP contribution in [0.25, 0.3) is 0 Å². The molecule has 144 valence electrons. The van der Waals surface area contributed by atoms with Crippen LogP contribution in [-0.4, -0.2) is 25.8 Å². The Labute approximate surface area is 155 Å². The maximum atomic E-state index is 5.77. The van der Waals surface area contributed by atoms with Crippen molar-refractivity contribution in [2.24, 2.45) is 0 Å². The molecule has 0 aromatic heterocycles. The summed E-state index contributed by atoms with van der Waals surface area (Å²) < 4.78 is 17.3. The molecule has 0 fully saturated rings. The summed E-state index contributed by atoms with van der Waals surface area (Å²) in [5.41, 5.74) is 1.46. The molecule has 3 nitrogen and oxygen atoms in total. The standard InChI is InChI=1S/C22H38O3/c1-4-23-22(24-5-2,25-6-3)20-16-11-9-7-8-10-13-17-21-18-14-12-15-19-21/h12,14-15,18-19H,4-11,13,16-17,20H2,1-3H3. The molecule has 0 saturated carbocycles. The van der Waals surface area contributed by atoms with E-state index in [0.29, 0.717) is 19.8 Å². The van der Waals surface area contributed by atoms with Gasteiger partial charge in [0.2, 0.25) is 0 Å². The topological polar surface area (TPSA) is 27.7 Å². The normalized spacial score (nSPS) is 11.8. The van der Waals surface area contributed by atoms with Crippen molar-refractivity contribution in [1.29, 1.82) is 0 Å². The van der Waals surface area contributed by atoms with Crippen LogP contribution in [0, 0.1) is 0 Å². The Kier molecular flexibility index (Phi) is 12.7. The molecule has 1 aromatic carbocycles. The van der Waals surface area contributed by atoms with E-state index in [4.69, 9.17) is 14.2 Å². The molecule has 25 heavy (non-hydrogen) atoms. The zero-order valence-electron chi connectivity index (χ0n) is 16.6. The third kappa shape index (κ3) is 9.98. The average molecular weight is 351 g/mol. The Morgan fingerprint density at radius 2 is 1.12 bits per heavy atom. The first-order chi connectivity index (χ1) is 12.3. The summed E-state index contributed by atoms with van der Waals surface area (Å²) >= 11 is 0. The largest absolute Gasteiger partial charge is 0.328 e. The highest BCUT2D eigenvalue weighted by Gasteiger charge is 2.31. The molecule has 0 radical (unpaired) electrons. The van der Waals surface area contributed by atoms with Gasteiger partial charge in [-0.3, -0.25) is 0 Å². The molecule has 0 unspecified atom stereocenters. The van der Waals surface area contributed by atoms with Gasteiger partial charge in [0.25, 0.3) is 5.97 Å². The summed E-state index contributed by atoms with van der Waals surface area (Å²) in [5.74, 6) is -0.825. The van der Waals surface area contributed by atoms with E-state index in [0.717, 1.165) is 12.8 Å². The molecular weight excluding hydrogens is 312 g/mol. The molecule has 3 heteroatoms. The van der Waals surface area contributed by atoms with Crippen LogP contribution in [-0.2, 0) is 20.6 Å². The van der Waals surface area contributed by atoms with Crippen LogP contribution in [0.5, 0.6) is 0 Å². The van der Waals surface area contributed by atoms with Gasteiger partial charge in [-0.2, -0.15) is 0 Å². The molecule has 0 spiro atoms. The summed E-state index contributed by atoms with van der Waals surface area (Å²) in [7, 11) is 0. The number of benzene rings is 1. The number of rotatable bonds is 16. The van der Waals surface area contributed by atoms with Crippen molar-refractivity contribution in [2.45, 2.75) is 84.5 Å². The van der Waals surface area contributed by atoms with Crippen LogP contribution in [0.4, 0.5) is 0 Å². The molecule has 1 aromatic rings. The number of hydrogen-bond donors (Lipinski definition) is 0. The lowest BCUT2D eigenvalue weighted by atomic mass is 10.0. The summed E-state index contributed by atoms with van der Waals surface area (Å²) in [4.78, 5) is 0.